The molecule has 5 nitrogen and oxygen atoms in total. The van der Waals surface area contributed by atoms with Crippen LogP contribution in [0.5, 0.6) is 5.75 Å². The number of hydrogen-bond acceptors (Lipinski definition) is 5. The fraction of sp³-hybridized carbons (Fsp3) is 0.233. The molecule has 0 unspecified atom stereocenters. The largest absolute Gasteiger partial charge is 0.497 e. The van der Waals surface area contributed by atoms with E-state index in [1.54, 1.807) is 38.3 Å². The zero-order valence-corrected chi connectivity index (χ0v) is 19.8. The lowest BCUT2D eigenvalue weighted by Crippen LogP contribution is -2.48. The average Bonchev–Trinajstić information content (AvgIpc) is 3.31. The first kappa shape index (κ1) is 21.5. The van der Waals surface area contributed by atoms with E-state index in [2.05, 4.69) is 0 Å². The van der Waals surface area contributed by atoms with Gasteiger partial charge in [-0.3, -0.25) is 14.4 Å². The second-order valence-electron chi connectivity index (χ2n) is 9.65. The van der Waals surface area contributed by atoms with Crippen LogP contribution in [-0.2, 0) is 4.79 Å². The van der Waals surface area contributed by atoms with E-state index in [-0.39, 0.29) is 17.3 Å². The monoisotopic (exact) mass is 463 g/mol. The lowest BCUT2D eigenvalue weighted by molar-refractivity contribution is -0.118. The summed E-state index contributed by atoms with van der Waals surface area (Å²) in [6.07, 6.45) is 3.92. The summed E-state index contributed by atoms with van der Waals surface area (Å²) < 4.78 is 5.35. The number of carbonyl (C=O) groups excluding carboxylic acids is 3. The molecule has 0 saturated carbocycles. The van der Waals surface area contributed by atoms with Crippen LogP contribution in [0.4, 0.5) is 5.69 Å². The summed E-state index contributed by atoms with van der Waals surface area (Å²) in [6.45, 7) is 3.56. The maximum atomic E-state index is 14.3. The van der Waals surface area contributed by atoms with Crippen molar-refractivity contribution in [1.29, 1.82) is 0 Å². The Kier molecular flexibility index (Phi) is 4.62. The highest BCUT2D eigenvalue weighted by Gasteiger charge is 2.71. The molecule has 0 bridgehead atoms. The maximum Gasteiger partial charge on any atom is 0.180 e. The normalized spacial score (nSPS) is 23.3. The fourth-order valence-electron chi connectivity index (χ4n) is 6.41. The minimum Gasteiger partial charge on any atom is -0.497 e. The third-order valence-corrected chi connectivity index (χ3v) is 7.85. The number of nitrogens with zero attached hydrogens (tertiary/aromatic N) is 1. The number of rotatable bonds is 3. The van der Waals surface area contributed by atoms with E-state index >= 15 is 0 Å². The SMILES string of the molecule is COc1ccc([C@H]2[C@H](C(C)=O)N3c4cc(C)ccc4C=C[C@H]3C23C(=O)c2ccccc2C3=O)cc1. The Morgan fingerprint density at radius 2 is 1.60 bits per heavy atom. The number of aryl methyl sites for hydroxylation is 1. The topological polar surface area (TPSA) is 63.7 Å². The zero-order chi connectivity index (χ0) is 24.5. The van der Waals surface area contributed by atoms with E-state index < -0.39 is 23.4 Å². The van der Waals surface area contributed by atoms with Gasteiger partial charge in [0, 0.05) is 22.7 Å². The number of hydrogen-bond donors (Lipinski definition) is 0. The van der Waals surface area contributed by atoms with Crippen molar-refractivity contribution in [3.63, 3.8) is 0 Å². The van der Waals surface area contributed by atoms with Gasteiger partial charge in [0.1, 0.15) is 11.2 Å². The van der Waals surface area contributed by atoms with Crippen LogP contribution in [0.15, 0.2) is 72.8 Å². The van der Waals surface area contributed by atoms with Gasteiger partial charge in [0.2, 0.25) is 0 Å². The van der Waals surface area contributed by atoms with Crippen LogP contribution in [0.1, 0.15) is 50.2 Å². The minimum absolute atomic E-state index is 0.0768. The molecular weight excluding hydrogens is 438 g/mol. The summed E-state index contributed by atoms with van der Waals surface area (Å²) in [5, 5.41) is 0. The number of ether oxygens (including phenoxy) is 1. The van der Waals surface area contributed by atoms with Crippen molar-refractivity contribution >= 4 is 29.1 Å². The first-order valence-electron chi connectivity index (χ1n) is 11.8. The van der Waals surface area contributed by atoms with Crippen LogP contribution in [0.3, 0.4) is 0 Å². The van der Waals surface area contributed by atoms with Gasteiger partial charge in [0.15, 0.2) is 17.3 Å². The van der Waals surface area contributed by atoms with E-state index in [1.807, 2.05) is 66.4 Å². The highest BCUT2D eigenvalue weighted by atomic mass is 16.5. The maximum absolute atomic E-state index is 14.3. The van der Waals surface area contributed by atoms with Gasteiger partial charge < -0.3 is 9.64 Å². The van der Waals surface area contributed by atoms with Crippen LogP contribution in [0, 0.1) is 12.3 Å². The van der Waals surface area contributed by atoms with Gasteiger partial charge in [-0.1, -0.05) is 60.7 Å². The van der Waals surface area contributed by atoms with Gasteiger partial charge in [-0.05, 0) is 48.7 Å². The van der Waals surface area contributed by atoms with E-state index in [9.17, 15) is 14.4 Å². The van der Waals surface area contributed by atoms with E-state index in [4.69, 9.17) is 4.74 Å². The van der Waals surface area contributed by atoms with Crippen molar-refractivity contribution < 1.29 is 19.1 Å². The van der Waals surface area contributed by atoms with Crippen molar-refractivity contribution in [3.05, 3.63) is 101 Å². The van der Waals surface area contributed by atoms with Crippen molar-refractivity contribution in [3.8, 4) is 5.75 Å². The number of carbonyl (C=O) groups is 3. The van der Waals surface area contributed by atoms with Gasteiger partial charge >= 0.3 is 0 Å². The first-order chi connectivity index (χ1) is 16.9. The van der Waals surface area contributed by atoms with E-state index in [0.29, 0.717) is 16.9 Å². The molecule has 1 fully saturated rings. The minimum atomic E-state index is -1.44. The molecule has 2 aliphatic heterocycles. The summed E-state index contributed by atoms with van der Waals surface area (Å²) in [6, 6.07) is 19.3. The predicted octanol–water partition coefficient (Wildman–Crippen LogP) is 5.03. The second kappa shape index (κ2) is 7.51. The van der Waals surface area contributed by atoms with Crippen molar-refractivity contribution in [2.75, 3.05) is 12.0 Å². The third kappa shape index (κ3) is 2.72. The lowest BCUT2D eigenvalue weighted by atomic mass is 9.64. The molecule has 6 rings (SSSR count). The number of fused-ring (bicyclic) bond motifs is 5. The summed E-state index contributed by atoms with van der Waals surface area (Å²) in [5.41, 5.74) is 3.11. The molecule has 35 heavy (non-hydrogen) atoms. The molecule has 0 radical (unpaired) electrons. The standard InChI is InChI=1S/C30H25NO4/c1-17-8-9-19-12-15-25-30(28(33)22-6-4-5-7-23(22)29(30)34)26(20-10-13-21(35-3)14-11-20)27(18(2)32)31(25)24(19)16-17/h4-16,25-27H,1-3H3/t25-,26-,27-/m0/s1. The Bertz CT molecular complexity index is 1400. The van der Waals surface area contributed by atoms with Crippen molar-refractivity contribution in [1.82, 2.24) is 0 Å². The number of benzene rings is 3. The molecule has 1 spiro atoms. The Hall–Kier alpha value is -3.99. The van der Waals surface area contributed by atoms with E-state index in [1.165, 1.54) is 0 Å². The van der Waals surface area contributed by atoms with Crippen molar-refractivity contribution in [2.24, 2.45) is 5.41 Å². The summed E-state index contributed by atoms with van der Waals surface area (Å²) >= 11 is 0. The van der Waals surface area contributed by atoms with Crippen LogP contribution >= 0.6 is 0 Å². The molecule has 3 atom stereocenters. The van der Waals surface area contributed by atoms with E-state index in [0.717, 1.165) is 22.4 Å². The third-order valence-electron chi connectivity index (χ3n) is 7.85. The number of methoxy groups -OCH3 is 1. The lowest BCUT2D eigenvalue weighted by Gasteiger charge is -2.37. The Morgan fingerprint density at radius 1 is 0.943 bits per heavy atom. The zero-order valence-electron chi connectivity index (χ0n) is 19.8. The van der Waals surface area contributed by atoms with Crippen LogP contribution in [0.2, 0.25) is 0 Å². The summed E-state index contributed by atoms with van der Waals surface area (Å²) in [7, 11) is 1.59. The molecule has 3 aromatic rings. The molecular formula is C30H25NO4. The van der Waals surface area contributed by atoms with Crippen LogP contribution < -0.4 is 9.64 Å². The Balaban J connectivity index is 1.67. The molecule has 3 aliphatic rings. The van der Waals surface area contributed by atoms with Crippen LogP contribution in [0.25, 0.3) is 6.08 Å². The molecule has 174 valence electrons. The number of ketones is 3. The fourth-order valence-corrected chi connectivity index (χ4v) is 6.41. The first-order valence-corrected chi connectivity index (χ1v) is 11.8. The molecule has 1 aliphatic carbocycles. The number of anilines is 1. The predicted molar refractivity (Wildman–Crippen MR) is 134 cm³/mol. The highest BCUT2D eigenvalue weighted by Crippen LogP contribution is 2.60. The van der Waals surface area contributed by atoms with Gasteiger partial charge in [0.25, 0.3) is 0 Å². The van der Waals surface area contributed by atoms with Gasteiger partial charge in [-0.15, -0.1) is 0 Å². The molecule has 5 heteroatoms. The van der Waals surface area contributed by atoms with Crippen molar-refractivity contribution in [2.45, 2.75) is 31.8 Å². The summed E-state index contributed by atoms with van der Waals surface area (Å²) in [4.78, 5) is 44.1. The smallest absolute Gasteiger partial charge is 0.180 e. The molecule has 1 saturated heterocycles. The molecule has 2 heterocycles. The number of Topliss-reactive ketones (excluding diaryl/α,β-unsaturated/α-hetero) is 3. The summed E-state index contributed by atoms with van der Waals surface area (Å²) in [5.74, 6) is -0.477. The molecule has 0 N–H and O–H groups in total. The quantitative estimate of drug-likeness (QED) is 0.510. The van der Waals surface area contributed by atoms with Gasteiger partial charge in [0.05, 0.1) is 19.2 Å². The van der Waals surface area contributed by atoms with Gasteiger partial charge in [-0.2, -0.15) is 0 Å². The highest BCUT2D eigenvalue weighted by molar-refractivity contribution is 6.32. The molecule has 0 amide bonds. The molecule has 0 aromatic heterocycles. The second-order valence-corrected chi connectivity index (χ2v) is 9.65. The van der Waals surface area contributed by atoms with Gasteiger partial charge in [-0.25, -0.2) is 0 Å². The Morgan fingerprint density at radius 3 is 2.20 bits per heavy atom. The average molecular weight is 464 g/mol. The van der Waals surface area contributed by atoms with Crippen LogP contribution in [-0.4, -0.2) is 36.5 Å². The Labute approximate surface area is 204 Å². The molecule has 3 aromatic carbocycles.